The molecule has 0 saturated carbocycles. The summed E-state index contributed by atoms with van der Waals surface area (Å²) in [4.78, 5) is 0. The van der Waals surface area contributed by atoms with E-state index in [0.29, 0.717) is 5.56 Å². The minimum atomic E-state index is -4.68. The predicted octanol–water partition coefficient (Wildman–Crippen LogP) is 3.41. The quantitative estimate of drug-likeness (QED) is 0.675. The lowest BCUT2D eigenvalue weighted by molar-refractivity contribution is -0.139. The number of alkyl halides is 3. The molecule has 1 rings (SSSR count). The molecule has 0 aliphatic heterocycles. The minimum Gasteiger partial charge on any atom is -0.504 e. The third kappa shape index (κ3) is 2.40. The van der Waals surface area contributed by atoms with Crippen molar-refractivity contribution < 1.29 is 23.4 Å². The molecule has 0 aliphatic rings. The molecule has 0 atom stereocenters. The highest BCUT2D eigenvalue weighted by atomic mass is 19.4. The molecule has 90 valence electrons. The molecule has 0 unspecified atom stereocenters. The van der Waals surface area contributed by atoms with Crippen LogP contribution in [0.25, 0.3) is 0 Å². The summed E-state index contributed by atoms with van der Waals surface area (Å²) in [5.74, 6) is -1.87. The first kappa shape index (κ1) is 12.7. The van der Waals surface area contributed by atoms with Crippen LogP contribution in [0.4, 0.5) is 13.2 Å². The Kier molecular flexibility index (Phi) is 2.83. The van der Waals surface area contributed by atoms with Gasteiger partial charge in [0.1, 0.15) is 5.56 Å². The number of benzene rings is 1. The molecular weight excluding hydrogens is 221 g/mol. The molecule has 0 bridgehead atoms. The van der Waals surface area contributed by atoms with Crippen molar-refractivity contribution in [2.75, 3.05) is 0 Å². The summed E-state index contributed by atoms with van der Waals surface area (Å²) in [5.41, 5.74) is -1.43. The van der Waals surface area contributed by atoms with E-state index in [1.807, 2.05) is 0 Å². The third-order valence-electron chi connectivity index (χ3n) is 2.26. The Hall–Kier alpha value is -1.39. The van der Waals surface area contributed by atoms with Gasteiger partial charge in [-0.1, -0.05) is 20.8 Å². The molecule has 0 aromatic heterocycles. The number of phenols is 2. The summed E-state index contributed by atoms with van der Waals surface area (Å²) in [6, 6.07) is 2.00. The van der Waals surface area contributed by atoms with Gasteiger partial charge in [0.05, 0.1) is 0 Å². The smallest absolute Gasteiger partial charge is 0.420 e. The highest BCUT2D eigenvalue weighted by Gasteiger charge is 2.36. The lowest BCUT2D eigenvalue weighted by Crippen LogP contribution is -2.14. The molecule has 1 aromatic rings. The molecule has 0 radical (unpaired) electrons. The number of rotatable bonds is 0. The Morgan fingerprint density at radius 3 is 1.88 bits per heavy atom. The first-order valence-corrected chi connectivity index (χ1v) is 4.67. The number of phenolic OH excluding ortho intramolecular Hbond substituents is 2. The maximum Gasteiger partial charge on any atom is 0.420 e. The van der Waals surface area contributed by atoms with Crippen molar-refractivity contribution in [2.45, 2.75) is 32.4 Å². The van der Waals surface area contributed by atoms with Crippen LogP contribution in [0.5, 0.6) is 11.5 Å². The summed E-state index contributed by atoms with van der Waals surface area (Å²) in [6.45, 7) is 5.16. The molecule has 0 spiro atoms. The number of hydrogen-bond donors (Lipinski definition) is 2. The topological polar surface area (TPSA) is 40.5 Å². The van der Waals surface area contributed by atoms with Crippen LogP contribution in [0.3, 0.4) is 0 Å². The van der Waals surface area contributed by atoms with Crippen LogP contribution in [-0.4, -0.2) is 10.2 Å². The van der Waals surface area contributed by atoms with Gasteiger partial charge in [0.15, 0.2) is 11.5 Å². The first-order chi connectivity index (χ1) is 7.03. The first-order valence-electron chi connectivity index (χ1n) is 4.67. The number of aromatic hydroxyl groups is 2. The standard InChI is InChI=1S/C11H13F3O2/c1-10(2,3)6-4-7(11(12,13)14)9(16)8(15)5-6/h4-5,15-16H,1-3H3. The van der Waals surface area contributed by atoms with Gasteiger partial charge in [-0.2, -0.15) is 13.2 Å². The van der Waals surface area contributed by atoms with Gasteiger partial charge in [-0.25, -0.2) is 0 Å². The molecule has 16 heavy (non-hydrogen) atoms. The van der Waals surface area contributed by atoms with Gasteiger partial charge in [-0.15, -0.1) is 0 Å². The second kappa shape index (κ2) is 3.57. The Bertz CT molecular complexity index is 403. The van der Waals surface area contributed by atoms with Gasteiger partial charge in [0, 0.05) is 0 Å². The van der Waals surface area contributed by atoms with E-state index < -0.39 is 28.7 Å². The minimum absolute atomic E-state index is 0.315. The van der Waals surface area contributed by atoms with E-state index in [0.717, 1.165) is 12.1 Å². The molecule has 2 N–H and O–H groups in total. The fourth-order valence-electron chi connectivity index (χ4n) is 1.27. The summed E-state index contributed by atoms with van der Waals surface area (Å²) >= 11 is 0. The summed E-state index contributed by atoms with van der Waals surface area (Å²) < 4.78 is 37.6. The lowest BCUT2D eigenvalue weighted by Gasteiger charge is -2.21. The van der Waals surface area contributed by atoms with Gasteiger partial charge < -0.3 is 10.2 Å². The van der Waals surface area contributed by atoms with Gasteiger partial charge in [0.2, 0.25) is 0 Å². The van der Waals surface area contributed by atoms with E-state index >= 15 is 0 Å². The molecule has 5 heteroatoms. The fraction of sp³-hybridized carbons (Fsp3) is 0.455. The van der Waals surface area contributed by atoms with Crippen molar-refractivity contribution >= 4 is 0 Å². The van der Waals surface area contributed by atoms with Crippen LogP contribution in [0.15, 0.2) is 12.1 Å². The zero-order chi connectivity index (χ0) is 12.7. The molecule has 0 saturated heterocycles. The predicted molar refractivity (Wildman–Crippen MR) is 53.5 cm³/mol. The van der Waals surface area contributed by atoms with Gasteiger partial charge in [-0.05, 0) is 23.1 Å². The maximum atomic E-state index is 12.5. The fourth-order valence-corrected chi connectivity index (χ4v) is 1.27. The zero-order valence-corrected chi connectivity index (χ0v) is 9.18. The highest BCUT2D eigenvalue weighted by molar-refractivity contribution is 5.50. The van der Waals surface area contributed by atoms with Crippen molar-refractivity contribution in [1.29, 1.82) is 0 Å². The molecule has 1 aromatic carbocycles. The Morgan fingerprint density at radius 1 is 1.00 bits per heavy atom. The Balaban J connectivity index is 3.46. The average molecular weight is 234 g/mol. The molecular formula is C11H13F3O2. The Labute approximate surface area is 91.3 Å². The van der Waals surface area contributed by atoms with Crippen molar-refractivity contribution in [1.82, 2.24) is 0 Å². The monoisotopic (exact) mass is 234 g/mol. The van der Waals surface area contributed by atoms with Gasteiger partial charge >= 0.3 is 6.18 Å². The molecule has 0 aliphatic carbocycles. The molecule has 0 amide bonds. The summed E-state index contributed by atoms with van der Waals surface area (Å²) in [5, 5.41) is 18.4. The van der Waals surface area contributed by atoms with Gasteiger partial charge in [-0.3, -0.25) is 0 Å². The normalized spacial score (nSPS) is 12.9. The number of halogens is 3. The Morgan fingerprint density at radius 2 is 1.50 bits per heavy atom. The van der Waals surface area contributed by atoms with Gasteiger partial charge in [0.25, 0.3) is 0 Å². The average Bonchev–Trinajstić information content (AvgIpc) is 2.05. The van der Waals surface area contributed by atoms with Crippen LogP contribution in [-0.2, 0) is 11.6 Å². The summed E-state index contributed by atoms with van der Waals surface area (Å²) in [7, 11) is 0. The van der Waals surface area contributed by atoms with Crippen LogP contribution in [0, 0.1) is 0 Å². The van der Waals surface area contributed by atoms with Crippen LogP contribution < -0.4 is 0 Å². The second-order valence-electron chi connectivity index (χ2n) is 4.64. The lowest BCUT2D eigenvalue weighted by atomic mass is 9.85. The van der Waals surface area contributed by atoms with Crippen LogP contribution in [0.1, 0.15) is 31.9 Å². The van der Waals surface area contributed by atoms with Crippen LogP contribution in [0.2, 0.25) is 0 Å². The third-order valence-corrected chi connectivity index (χ3v) is 2.26. The van der Waals surface area contributed by atoms with Crippen molar-refractivity contribution in [3.8, 4) is 11.5 Å². The highest BCUT2D eigenvalue weighted by Crippen LogP contribution is 2.43. The SMILES string of the molecule is CC(C)(C)c1cc(O)c(O)c(C(F)(F)F)c1. The van der Waals surface area contributed by atoms with Crippen molar-refractivity contribution in [2.24, 2.45) is 0 Å². The zero-order valence-electron chi connectivity index (χ0n) is 9.18. The van der Waals surface area contributed by atoms with Crippen LogP contribution >= 0.6 is 0 Å². The maximum absolute atomic E-state index is 12.5. The van der Waals surface area contributed by atoms with E-state index in [1.165, 1.54) is 0 Å². The van der Waals surface area contributed by atoms with E-state index in [2.05, 4.69) is 0 Å². The molecule has 0 heterocycles. The van der Waals surface area contributed by atoms with E-state index in [-0.39, 0.29) is 0 Å². The summed E-state index contributed by atoms with van der Waals surface area (Å²) in [6.07, 6.45) is -4.68. The second-order valence-corrected chi connectivity index (χ2v) is 4.64. The van der Waals surface area contributed by atoms with Crippen molar-refractivity contribution in [3.63, 3.8) is 0 Å². The van der Waals surface area contributed by atoms with E-state index in [9.17, 15) is 18.3 Å². The molecule has 0 fully saturated rings. The number of hydrogen-bond acceptors (Lipinski definition) is 2. The van der Waals surface area contributed by atoms with E-state index in [1.54, 1.807) is 20.8 Å². The largest absolute Gasteiger partial charge is 0.504 e. The van der Waals surface area contributed by atoms with E-state index in [4.69, 9.17) is 5.11 Å². The molecule has 2 nitrogen and oxygen atoms in total. The van der Waals surface area contributed by atoms with Crippen molar-refractivity contribution in [3.05, 3.63) is 23.3 Å².